The molecule has 2 aliphatic rings. The van der Waals surface area contributed by atoms with E-state index in [0.717, 1.165) is 36.6 Å². The van der Waals surface area contributed by atoms with Crippen molar-refractivity contribution in [1.29, 1.82) is 0 Å². The number of anilines is 3. The summed E-state index contributed by atoms with van der Waals surface area (Å²) >= 11 is 0. The SMILES string of the molecule is CC(C)n1c(CO)nc2cnc(Nc3ccnc(N4CC5CC4CO5)n3)cc21. The number of rotatable bonds is 5. The Bertz CT molecular complexity index is 1020. The minimum absolute atomic E-state index is 0.105. The van der Waals surface area contributed by atoms with Crippen molar-refractivity contribution >= 4 is 28.6 Å². The molecular formula is C19H23N7O2. The Morgan fingerprint density at radius 3 is 2.89 bits per heavy atom. The number of aliphatic hydroxyl groups excluding tert-OH is 1. The molecule has 146 valence electrons. The average Bonchev–Trinajstić information content (AvgIpc) is 3.41. The van der Waals surface area contributed by atoms with Crippen LogP contribution in [0.15, 0.2) is 24.5 Å². The van der Waals surface area contributed by atoms with Gasteiger partial charge in [-0.1, -0.05) is 0 Å². The highest BCUT2D eigenvalue weighted by molar-refractivity contribution is 5.79. The van der Waals surface area contributed by atoms with Crippen LogP contribution in [0.2, 0.25) is 0 Å². The molecule has 5 heterocycles. The lowest BCUT2D eigenvalue weighted by atomic mass is 10.2. The molecule has 2 bridgehead atoms. The van der Waals surface area contributed by atoms with E-state index in [1.807, 2.05) is 16.7 Å². The van der Waals surface area contributed by atoms with E-state index in [2.05, 4.69) is 44.0 Å². The number of aliphatic hydroxyl groups is 1. The third-order valence-electron chi connectivity index (χ3n) is 5.36. The highest BCUT2D eigenvalue weighted by Crippen LogP contribution is 2.31. The fraction of sp³-hybridized carbons (Fsp3) is 0.474. The second-order valence-corrected chi connectivity index (χ2v) is 7.57. The predicted molar refractivity (Wildman–Crippen MR) is 105 cm³/mol. The van der Waals surface area contributed by atoms with Gasteiger partial charge in [0.05, 0.1) is 30.5 Å². The second kappa shape index (κ2) is 6.68. The number of morpholine rings is 1. The van der Waals surface area contributed by atoms with E-state index in [9.17, 15) is 5.11 Å². The molecule has 28 heavy (non-hydrogen) atoms. The first-order chi connectivity index (χ1) is 13.6. The zero-order valence-corrected chi connectivity index (χ0v) is 15.9. The normalized spacial score (nSPS) is 21.2. The van der Waals surface area contributed by atoms with Gasteiger partial charge in [-0.2, -0.15) is 4.98 Å². The van der Waals surface area contributed by atoms with Gasteiger partial charge in [-0.15, -0.1) is 0 Å². The Balaban J connectivity index is 1.44. The summed E-state index contributed by atoms with van der Waals surface area (Å²) < 4.78 is 7.69. The summed E-state index contributed by atoms with van der Waals surface area (Å²) in [6.07, 6.45) is 4.82. The van der Waals surface area contributed by atoms with Crippen LogP contribution in [0.25, 0.3) is 11.0 Å². The molecule has 0 aliphatic carbocycles. The van der Waals surface area contributed by atoms with Gasteiger partial charge in [0.2, 0.25) is 5.95 Å². The average molecular weight is 381 g/mol. The number of hydrogen-bond donors (Lipinski definition) is 2. The van der Waals surface area contributed by atoms with Gasteiger partial charge in [0.15, 0.2) is 0 Å². The van der Waals surface area contributed by atoms with Crippen molar-refractivity contribution in [2.75, 3.05) is 23.4 Å². The summed E-state index contributed by atoms with van der Waals surface area (Å²) in [4.78, 5) is 20.3. The lowest BCUT2D eigenvalue weighted by Crippen LogP contribution is -2.38. The van der Waals surface area contributed by atoms with Gasteiger partial charge in [0.25, 0.3) is 0 Å². The number of nitrogens with zero attached hydrogens (tertiary/aromatic N) is 6. The van der Waals surface area contributed by atoms with Crippen molar-refractivity contribution in [2.45, 2.75) is 45.1 Å². The van der Waals surface area contributed by atoms with Gasteiger partial charge in [-0.25, -0.2) is 15.0 Å². The summed E-state index contributed by atoms with van der Waals surface area (Å²) in [6.45, 7) is 5.62. The van der Waals surface area contributed by atoms with E-state index in [4.69, 9.17) is 4.74 Å². The molecule has 0 radical (unpaired) electrons. The highest BCUT2D eigenvalue weighted by atomic mass is 16.5. The molecule has 2 aliphatic heterocycles. The van der Waals surface area contributed by atoms with E-state index < -0.39 is 0 Å². The van der Waals surface area contributed by atoms with Crippen molar-refractivity contribution in [3.05, 3.63) is 30.4 Å². The van der Waals surface area contributed by atoms with Gasteiger partial charge in [0.1, 0.15) is 29.6 Å². The number of nitrogens with one attached hydrogen (secondary N) is 1. The molecule has 0 saturated carbocycles. The number of ether oxygens (including phenoxy) is 1. The standard InChI is InChI=1S/C19H23N7O2/c1-11(2)26-15-6-17(21-7-14(15)22-18(26)9-27)23-16-3-4-20-19(24-16)25-8-13-5-12(25)10-28-13/h3-4,6-7,11-13,27H,5,8-10H2,1-2H3,(H,20,21,23,24). The third-order valence-corrected chi connectivity index (χ3v) is 5.36. The number of hydrogen-bond acceptors (Lipinski definition) is 8. The summed E-state index contributed by atoms with van der Waals surface area (Å²) in [5.41, 5.74) is 1.69. The largest absolute Gasteiger partial charge is 0.388 e. The van der Waals surface area contributed by atoms with Crippen LogP contribution in [0.3, 0.4) is 0 Å². The first-order valence-corrected chi connectivity index (χ1v) is 9.58. The molecule has 9 heteroatoms. The maximum Gasteiger partial charge on any atom is 0.227 e. The molecule has 3 aromatic rings. The van der Waals surface area contributed by atoms with Crippen LogP contribution >= 0.6 is 0 Å². The summed E-state index contributed by atoms with van der Waals surface area (Å²) in [7, 11) is 0. The smallest absolute Gasteiger partial charge is 0.227 e. The Hall–Kier alpha value is -2.78. The maximum absolute atomic E-state index is 9.60. The summed E-state index contributed by atoms with van der Waals surface area (Å²) in [6, 6.07) is 4.32. The van der Waals surface area contributed by atoms with Crippen molar-refractivity contribution in [3.8, 4) is 0 Å². The lowest BCUT2D eigenvalue weighted by Gasteiger charge is -2.26. The van der Waals surface area contributed by atoms with Crippen molar-refractivity contribution in [2.24, 2.45) is 0 Å². The molecule has 2 saturated heterocycles. The van der Waals surface area contributed by atoms with Crippen molar-refractivity contribution < 1.29 is 9.84 Å². The molecule has 5 rings (SSSR count). The fourth-order valence-corrected chi connectivity index (χ4v) is 4.14. The van der Waals surface area contributed by atoms with Crippen LogP contribution in [0.1, 0.15) is 32.1 Å². The highest BCUT2D eigenvalue weighted by Gasteiger charge is 2.40. The van der Waals surface area contributed by atoms with Gasteiger partial charge >= 0.3 is 0 Å². The molecule has 2 fully saturated rings. The van der Waals surface area contributed by atoms with Crippen LogP contribution in [-0.2, 0) is 11.3 Å². The summed E-state index contributed by atoms with van der Waals surface area (Å²) in [5, 5.41) is 12.9. The second-order valence-electron chi connectivity index (χ2n) is 7.57. The van der Waals surface area contributed by atoms with Gasteiger partial charge in [-0.05, 0) is 26.3 Å². The topological polar surface area (TPSA) is 101 Å². The van der Waals surface area contributed by atoms with Gasteiger partial charge in [-0.3, -0.25) is 0 Å². The van der Waals surface area contributed by atoms with E-state index in [0.29, 0.717) is 29.6 Å². The number of aromatic nitrogens is 5. The van der Waals surface area contributed by atoms with Crippen LogP contribution in [-0.4, -0.2) is 54.9 Å². The number of pyridine rings is 1. The maximum atomic E-state index is 9.60. The Morgan fingerprint density at radius 2 is 2.18 bits per heavy atom. The third kappa shape index (κ3) is 2.87. The van der Waals surface area contributed by atoms with Crippen molar-refractivity contribution in [1.82, 2.24) is 24.5 Å². The zero-order valence-electron chi connectivity index (χ0n) is 15.9. The number of imidazole rings is 1. The van der Waals surface area contributed by atoms with Gasteiger partial charge < -0.3 is 24.6 Å². The molecule has 9 nitrogen and oxygen atoms in total. The molecule has 0 aromatic carbocycles. The first kappa shape index (κ1) is 17.3. The minimum Gasteiger partial charge on any atom is -0.388 e. The van der Waals surface area contributed by atoms with Crippen LogP contribution in [0, 0.1) is 0 Å². The summed E-state index contributed by atoms with van der Waals surface area (Å²) in [5.74, 6) is 2.73. The minimum atomic E-state index is -0.105. The van der Waals surface area contributed by atoms with E-state index in [1.54, 1.807) is 12.4 Å². The number of fused-ring (bicyclic) bond motifs is 3. The van der Waals surface area contributed by atoms with Crippen LogP contribution in [0.5, 0.6) is 0 Å². The zero-order chi connectivity index (χ0) is 19.3. The molecular weight excluding hydrogens is 358 g/mol. The Morgan fingerprint density at radius 1 is 1.29 bits per heavy atom. The molecule has 0 amide bonds. The van der Waals surface area contributed by atoms with Gasteiger partial charge in [0, 0.05) is 24.8 Å². The first-order valence-electron chi connectivity index (χ1n) is 9.58. The van der Waals surface area contributed by atoms with Crippen LogP contribution < -0.4 is 10.2 Å². The Kier molecular flexibility index (Phi) is 4.13. The van der Waals surface area contributed by atoms with E-state index >= 15 is 0 Å². The van der Waals surface area contributed by atoms with E-state index in [1.165, 1.54) is 0 Å². The quantitative estimate of drug-likeness (QED) is 0.692. The monoisotopic (exact) mass is 381 g/mol. The van der Waals surface area contributed by atoms with Crippen LogP contribution in [0.4, 0.5) is 17.6 Å². The fourth-order valence-electron chi connectivity index (χ4n) is 4.14. The lowest BCUT2D eigenvalue weighted by molar-refractivity contribution is 0.0986. The van der Waals surface area contributed by atoms with E-state index in [-0.39, 0.29) is 12.6 Å². The molecule has 3 aromatic heterocycles. The molecule has 2 N–H and O–H groups in total. The van der Waals surface area contributed by atoms with Crippen molar-refractivity contribution in [3.63, 3.8) is 0 Å². The predicted octanol–water partition coefficient (Wildman–Crippen LogP) is 2.02. The molecule has 2 atom stereocenters. The Labute approximate surface area is 162 Å². The molecule has 0 spiro atoms. The molecule has 2 unspecified atom stereocenters.